The summed E-state index contributed by atoms with van der Waals surface area (Å²) in [5.74, 6) is 0.0961. The lowest BCUT2D eigenvalue weighted by Gasteiger charge is -2.27. The van der Waals surface area contributed by atoms with E-state index in [2.05, 4.69) is 9.97 Å². The lowest BCUT2D eigenvalue weighted by atomic mass is 10.1. The molecule has 1 heterocycles. The zero-order valence-corrected chi connectivity index (χ0v) is 14.3. The minimum absolute atomic E-state index is 0.0961. The van der Waals surface area contributed by atoms with E-state index in [9.17, 15) is 4.79 Å². The van der Waals surface area contributed by atoms with Crippen molar-refractivity contribution in [1.82, 2.24) is 14.9 Å². The summed E-state index contributed by atoms with van der Waals surface area (Å²) < 4.78 is 0. The van der Waals surface area contributed by atoms with Gasteiger partial charge >= 0.3 is 0 Å². The van der Waals surface area contributed by atoms with Crippen molar-refractivity contribution in [2.45, 2.75) is 58.4 Å². The molecule has 1 aromatic carbocycles. The van der Waals surface area contributed by atoms with Crippen molar-refractivity contribution in [2.24, 2.45) is 0 Å². The third-order valence-electron chi connectivity index (χ3n) is 5.02. The van der Waals surface area contributed by atoms with Gasteiger partial charge in [0.2, 0.25) is 0 Å². The van der Waals surface area contributed by atoms with E-state index in [4.69, 9.17) is 0 Å². The Morgan fingerprint density at radius 1 is 1.00 bits per heavy atom. The molecule has 0 aliphatic heterocycles. The zero-order chi connectivity index (χ0) is 16.4. The number of nitrogens with zero attached hydrogens (tertiary/aromatic N) is 3. The normalized spacial score (nSPS) is 16.3. The van der Waals surface area contributed by atoms with Gasteiger partial charge in [-0.05, 0) is 44.9 Å². The van der Waals surface area contributed by atoms with E-state index < -0.39 is 0 Å². The van der Waals surface area contributed by atoms with Crippen LogP contribution in [0.1, 0.15) is 60.3 Å². The van der Waals surface area contributed by atoms with Gasteiger partial charge in [-0.2, -0.15) is 0 Å². The van der Waals surface area contributed by atoms with Crippen molar-refractivity contribution in [3.8, 4) is 0 Å². The van der Waals surface area contributed by atoms with Crippen LogP contribution in [0, 0.1) is 13.8 Å². The first-order chi connectivity index (χ1) is 11.1. The Hall–Kier alpha value is -1.97. The molecule has 23 heavy (non-hydrogen) atoms. The number of aromatic nitrogens is 2. The van der Waals surface area contributed by atoms with Crippen molar-refractivity contribution < 1.29 is 4.79 Å². The largest absolute Gasteiger partial charge is 0.339 e. The van der Waals surface area contributed by atoms with Crippen LogP contribution in [-0.4, -0.2) is 33.9 Å². The molecule has 1 aliphatic rings. The maximum atomic E-state index is 12.8. The topological polar surface area (TPSA) is 46.1 Å². The third-order valence-corrected chi connectivity index (χ3v) is 5.02. The van der Waals surface area contributed by atoms with E-state index in [-0.39, 0.29) is 5.91 Å². The van der Waals surface area contributed by atoms with E-state index in [0.717, 1.165) is 35.3 Å². The summed E-state index contributed by atoms with van der Waals surface area (Å²) >= 11 is 0. The number of amides is 1. The molecule has 0 unspecified atom stereocenters. The van der Waals surface area contributed by atoms with Gasteiger partial charge in [0.15, 0.2) is 0 Å². The smallest absolute Gasteiger partial charge is 0.253 e. The quantitative estimate of drug-likeness (QED) is 0.786. The fraction of sp³-hybridized carbons (Fsp3) is 0.526. The molecular weight excluding hydrogens is 286 g/mol. The Balaban J connectivity index is 1.86. The van der Waals surface area contributed by atoms with Crippen molar-refractivity contribution in [1.29, 1.82) is 0 Å². The summed E-state index contributed by atoms with van der Waals surface area (Å²) in [5, 5.41) is 0. The average Bonchev–Trinajstić information content (AvgIpc) is 2.83. The molecule has 1 amide bonds. The molecule has 0 bridgehead atoms. The molecule has 1 saturated carbocycles. The Bertz CT molecular complexity index is 718. The zero-order valence-electron chi connectivity index (χ0n) is 14.3. The van der Waals surface area contributed by atoms with Crippen LogP contribution in [0.25, 0.3) is 11.0 Å². The summed E-state index contributed by atoms with van der Waals surface area (Å²) in [5.41, 5.74) is 4.21. The Labute approximate surface area is 137 Å². The number of hydrogen-bond acceptors (Lipinski definition) is 3. The molecule has 2 aromatic rings. The van der Waals surface area contributed by atoms with E-state index >= 15 is 0 Å². The molecule has 4 heteroatoms. The van der Waals surface area contributed by atoms with Gasteiger partial charge in [0.25, 0.3) is 5.91 Å². The predicted octanol–water partition coefficient (Wildman–Crippen LogP) is 4.04. The second kappa shape index (κ2) is 6.65. The number of hydrogen-bond donors (Lipinski definition) is 0. The molecule has 1 aromatic heterocycles. The number of aryl methyl sites for hydroxylation is 2. The van der Waals surface area contributed by atoms with E-state index in [0.29, 0.717) is 11.6 Å². The number of carbonyl (C=O) groups is 1. The minimum atomic E-state index is 0.0961. The lowest BCUT2D eigenvalue weighted by molar-refractivity contribution is 0.0718. The van der Waals surface area contributed by atoms with Crippen molar-refractivity contribution in [3.63, 3.8) is 0 Å². The highest BCUT2D eigenvalue weighted by molar-refractivity contribution is 5.97. The van der Waals surface area contributed by atoms with Gasteiger partial charge in [0.1, 0.15) is 0 Å². The monoisotopic (exact) mass is 311 g/mol. The first-order valence-corrected chi connectivity index (χ1v) is 8.58. The summed E-state index contributed by atoms with van der Waals surface area (Å²) in [6.07, 6.45) is 7.28. The SMILES string of the molecule is Cc1nc2ccc(C(=O)N(C)C3CCCCCC3)cc2nc1C. The molecule has 0 spiro atoms. The molecule has 0 N–H and O–H groups in total. The van der Waals surface area contributed by atoms with Crippen LogP contribution in [-0.2, 0) is 0 Å². The maximum absolute atomic E-state index is 12.8. The minimum Gasteiger partial charge on any atom is -0.339 e. The van der Waals surface area contributed by atoms with Crippen LogP contribution < -0.4 is 0 Å². The average molecular weight is 311 g/mol. The highest BCUT2D eigenvalue weighted by Crippen LogP contribution is 2.23. The van der Waals surface area contributed by atoms with Gasteiger partial charge in [0, 0.05) is 18.7 Å². The second-order valence-electron chi connectivity index (χ2n) is 6.66. The molecule has 4 nitrogen and oxygen atoms in total. The van der Waals surface area contributed by atoms with Gasteiger partial charge in [-0.15, -0.1) is 0 Å². The summed E-state index contributed by atoms with van der Waals surface area (Å²) in [7, 11) is 1.94. The van der Waals surface area contributed by atoms with Crippen LogP contribution in [0.2, 0.25) is 0 Å². The highest BCUT2D eigenvalue weighted by atomic mass is 16.2. The number of fused-ring (bicyclic) bond motifs is 1. The van der Waals surface area contributed by atoms with Crippen LogP contribution in [0.5, 0.6) is 0 Å². The first-order valence-electron chi connectivity index (χ1n) is 8.58. The lowest BCUT2D eigenvalue weighted by Crippen LogP contribution is -2.36. The van der Waals surface area contributed by atoms with E-state index in [1.165, 1.54) is 25.7 Å². The van der Waals surface area contributed by atoms with Gasteiger partial charge < -0.3 is 4.90 Å². The number of benzene rings is 1. The molecular formula is C19H25N3O. The maximum Gasteiger partial charge on any atom is 0.253 e. The third kappa shape index (κ3) is 3.36. The number of carbonyl (C=O) groups excluding carboxylic acids is 1. The fourth-order valence-electron chi connectivity index (χ4n) is 3.38. The molecule has 1 fully saturated rings. The number of rotatable bonds is 2. The second-order valence-corrected chi connectivity index (χ2v) is 6.66. The van der Waals surface area contributed by atoms with E-state index in [1.54, 1.807) is 0 Å². The fourth-order valence-corrected chi connectivity index (χ4v) is 3.38. The van der Waals surface area contributed by atoms with E-state index in [1.807, 2.05) is 44.0 Å². The molecule has 3 rings (SSSR count). The van der Waals surface area contributed by atoms with Crippen LogP contribution >= 0.6 is 0 Å². The van der Waals surface area contributed by atoms with Gasteiger partial charge in [-0.3, -0.25) is 4.79 Å². The Kier molecular flexibility index (Phi) is 4.60. The molecule has 0 atom stereocenters. The van der Waals surface area contributed by atoms with Crippen LogP contribution in [0.15, 0.2) is 18.2 Å². The van der Waals surface area contributed by atoms with Crippen LogP contribution in [0.3, 0.4) is 0 Å². The molecule has 0 saturated heterocycles. The predicted molar refractivity (Wildman–Crippen MR) is 92.6 cm³/mol. The van der Waals surface area contributed by atoms with Crippen LogP contribution in [0.4, 0.5) is 0 Å². The molecule has 122 valence electrons. The standard InChI is InChI=1S/C19H25N3O/c1-13-14(2)21-18-12-15(10-11-17(18)20-13)19(23)22(3)16-8-6-4-5-7-9-16/h10-12,16H,4-9H2,1-3H3. The van der Waals surface area contributed by atoms with Gasteiger partial charge in [0.05, 0.1) is 22.4 Å². The van der Waals surface area contributed by atoms with Gasteiger partial charge in [-0.25, -0.2) is 9.97 Å². The molecule has 0 radical (unpaired) electrons. The Morgan fingerprint density at radius 2 is 1.61 bits per heavy atom. The first kappa shape index (κ1) is 15.9. The molecule has 1 aliphatic carbocycles. The highest BCUT2D eigenvalue weighted by Gasteiger charge is 2.22. The summed E-state index contributed by atoms with van der Waals surface area (Å²) in [6.45, 7) is 3.91. The van der Waals surface area contributed by atoms with Crippen molar-refractivity contribution in [2.75, 3.05) is 7.05 Å². The van der Waals surface area contributed by atoms with Gasteiger partial charge in [-0.1, -0.05) is 25.7 Å². The Morgan fingerprint density at radius 3 is 2.26 bits per heavy atom. The summed E-state index contributed by atoms with van der Waals surface area (Å²) in [4.78, 5) is 23.9. The van der Waals surface area contributed by atoms with Crippen molar-refractivity contribution >= 4 is 16.9 Å². The summed E-state index contributed by atoms with van der Waals surface area (Å²) in [6, 6.07) is 6.03. The van der Waals surface area contributed by atoms with Crippen molar-refractivity contribution in [3.05, 3.63) is 35.2 Å².